The molecule has 0 aliphatic carbocycles. The Morgan fingerprint density at radius 2 is 2.38 bits per heavy atom. The lowest BCUT2D eigenvalue weighted by Crippen LogP contribution is -2.17. The Morgan fingerprint density at radius 1 is 1.56 bits per heavy atom. The van der Waals surface area contributed by atoms with Crippen molar-refractivity contribution in [3.8, 4) is 0 Å². The van der Waals surface area contributed by atoms with Gasteiger partial charge in [0.25, 0.3) is 0 Å². The lowest BCUT2D eigenvalue weighted by Gasteiger charge is -2.11. The summed E-state index contributed by atoms with van der Waals surface area (Å²) >= 11 is 1.72. The van der Waals surface area contributed by atoms with Gasteiger partial charge in [-0.05, 0) is 25.5 Å². The highest BCUT2D eigenvalue weighted by Crippen LogP contribution is 2.21. The fraction of sp³-hybridized carbons (Fsp3) is 0.417. The van der Waals surface area contributed by atoms with Crippen LogP contribution >= 0.6 is 11.3 Å². The van der Waals surface area contributed by atoms with Gasteiger partial charge >= 0.3 is 0 Å². The van der Waals surface area contributed by atoms with Crippen LogP contribution in [0.25, 0.3) is 0 Å². The molecule has 2 aromatic heterocycles. The third-order valence-electron chi connectivity index (χ3n) is 2.68. The van der Waals surface area contributed by atoms with Crippen LogP contribution in [0.4, 0.5) is 0 Å². The number of nitrogens with zero attached hydrogens (tertiary/aromatic N) is 2. The summed E-state index contributed by atoms with van der Waals surface area (Å²) in [7, 11) is 2.04. The number of aryl methyl sites for hydroxylation is 2. The summed E-state index contributed by atoms with van der Waals surface area (Å²) in [6.45, 7) is 5.15. The maximum Gasteiger partial charge on any atom is 0.0798 e. The van der Waals surface area contributed by atoms with E-state index in [1.807, 2.05) is 12.6 Å². The maximum absolute atomic E-state index is 4.27. The summed E-state index contributed by atoms with van der Waals surface area (Å²) in [5, 5.41) is 3.51. The molecule has 0 fully saturated rings. The molecule has 0 aliphatic heterocycles. The highest BCUT2D eigenvalue weighted by atomic mass is 32.1. The quantitative estimate of drug-likeness (QED) is 0.883. The first-order valence-electron chi connectivity index (χ1n) is 5.41. The van der Waals surface area contributed by atoms with E-state index >= 15 is 0 Å². The zero-order valence-electron chi connectivity index (χ0n) is 9.90. The molecule has 0 aromatic carbocycles. The van der Waals surface area contributed by atoms with Gasteiger partial charge in [-0.25, -0.2) is 4.98 Å². The molecule has 0 amide bonds. The van der Waals surface area contributed by atoms with E-state index in [0.29, 0.717) is 6.04 Å². The van der Waals surface area contributed by atoms with E-state index in [1.165, 1.54) is 10.4 Å². The third-order valence-corrected chi connectivity index (χ3v) is 3.80. The van der Waals surface area contributed by atoms with Gasteiger partial charge in [-0.2, -0.15) is 0 Å². The third kappa shape index (κ3) is 2.51. The van der Waals surface area contributed by atoms with Crippen LogP contribution in [-0.4, -0.2) is 9.55 Å². The summed E-state index contributed by atoms with van der Waals surface area (Å²) in [5.41, 5.74) is 4.36. The smallest absolute Gasteiger partial charge is 0.0798 e. The summed E-state index contributed by atoms with van der Waals surface area (Å²) in [5.74, 6) is 0. The largest absolute Gasteiger partial charge is 0.357 e. The van der Waals surface area contributed by atoms with E-state index in [-0.39, 0.29) is 0 Å². The number of rotatable bonds is 4. The van der Waals surface area contributed by atoms with E-state index in [2.05, 4.69) is 47.2 Å². The van der Waals surface area contributed by atoms with Crippen molar-refractivity contribution in [2.75, 3.05) is 0 Å². The zero-order chi connectivity index (χ0) is 11.5. The molecule has 2 heterocycles. The number of hydrogen-bond donors (Lipinski definition) is 1. The van der Waals surface area contributed by atoms with Crippen molar-refractivity contribution < 1.29 is 0 Å². The van der Waals surface area contributed by atoms with E-state index in [4.69, 9.17) is 0 Å². The first kappa shape index (κ1) is 11.4. The summed E-state index contributed by atoms with van der Waals surface area (Å²) in [4.78, 5) is 5.60. The van der Waals surface area contributed by atoms with Crippen molar-refractivity contribution in [1.82, 2.24) is 14.9 Å². The lowest BCUT2D eigenvalue weighted by atomic mass is 10.2. The van der Waals surface area contributed by atoms with Crippen molar-refractivity contribution in [2.24, 2.45) is 7.05 Å². The molecule has 0 aliphatic rings. The number of thiazole rings is 1. The zero-order valence-corrected chi connectivity index (χ0v) is 10.7. The topological polar surface area (TPSA) is 29.9 Å². The molecule has 0 bridgehead atoms. The molecule has 2 rings (SSSR count). The first-order valence-corrected chi connectivity index (χ1v) is 6.29. The summed E-state index contributed by atoms with van der Waals surface area (Å²) < 4.78 is 2.07. The van der Waals surface area contributed by atoms with Crippen LogP contribution in [0.15, 0.2) is 24.0 Å². The molecule has 0 saturated heterocycles. The fourth-order valence-electron chi connectivity index (χ4n) is 1.76. The molecule has 16 heavy (non-hydrogen) atoms. The molecule has 0 spiro atoms. The minimum Gasteiger partial charge on any atom is -0.357 e. The second kappa shape index (κ2) is 4.80. The Morgan fingerprint density at radius 3 is 2.94 bits per heavy atom. The van der Waals surface area contributed by atoms with Crippen LogP contribution in [0, 0.1) is 6.92 Å². The Balaban J connectivity index is 1.93. The highest BCUT2D eigenvalue weighted by Gasteiger charge is 2.10. The SMILES string of the molecule is Cc1ncsc1C(C)NCc1ccn(C)c1. The summed E-state index contributed by atoms with van der Waals surface area (Å²) in [6, 6.07) is 2.51. The molecular weight excluding hydrogens is 218 g/mol. The number of hydrogen-bond acceptors (Lipinski definition) is 3. The van der Waals surface area contributed by atoms with Crippen molar-refractivity contribution in [3.05, 3.63) is 40.1 Å². The first-order chi connectivity index (χ1) is 7.66. The monoisotopic (exact) mass is 235 g/mol. The average molecular weight is 235 g/mol. The van der Waals surface area contributed by atoms with Gasteiger partial charge < -0.3 is 9.88 Å². The molecule has 2 aromatic rings. The molecule has 0 radical (unpaired) electrons. The van der Waals surface area contributed by atoms with Crippen LogP contribution in [0.3, 0.4) is 0 Å². The fourth-order valence-corrected chi connectivity index (χ4v) is 2.59. The van der Waals surface area contributed by atoms with E-state index < -0.39 is 0 Å². The normalized spacial score (nSPS) is 12.9. The predicted octanol–water partition coefficient (Wildman–Crippen LogP) is 2.64. The molecule has 3 nitrogen and oxygen atoms in total. The van der Waals surface area contributed by atoms with E-state index in [0.717, 1.165) is 12.2 Å². The van der Waals surface area contributed by atoms with E-state index in [1.54, 1.807) is 11.3 Å². The molecule has 4 heteroatoms. The van der Waals surface area contributed by atoms with Gasteiger partial charge in [-0.15, -0.1) is 11.3 Å². The van der Waals surface area contributed by atoms with Gasteiger partial charge in [0, 0.05) is 36.9 Å². The predicted molar refractivity (Wildman–Crippen MR) is 67.5 cm³/mol. The van der Waals surface area contributed by atoms with Crippen LogP contribution in [0.5, 0.6) is 0 Å². The Hall–Kier alpha value is -1.13. The van der Waals surface area contributed by atoms with Crippen molar-refractivity contribution >= 4 is 11.3 Å². The van der Waals surface area contributed by atoms with Crippen molar-refractivity contribution in [1.29, 1.82) is 0 Å². The Bertz CT molecular complexity index is 458. The van der Waals surface area contributed by atoms with Crippen LogP contribution in [-0.2, 0) is 13.6 Å². The highest BCUT2D eigenvalue weighted by molar-refractivity contribution is 7.09. The minimum absolute atomic E-state index is 0.368. The van der Waals surface area contributed by atoms with Gasteiger partial charge in [0.2, 0.25) is 0 Å². The van der Waals surface area contributed by atoms with E-state index in [9.17, 15) is 0 Å². The van der Waals surface area contributed by atoms with Gasteiger partial charge in [0.15, 0.2) is 0 Å². The van der Waals surface area contributed by atoms with Gasteiger partial charge in [-0.3, -0.25) is 0 Å². The van der Waals surface area contributed by atoms with Crippen LogP contribution < -0.4 is 5.32 Å². The van der Waals surface area contributed by atoms with Crippen LogP contribution in [0.2, 0.25) is 0 Å². The lowest BCUT2D eigenvalue weighted by molar-refractivity contribution is 0.579. The Labute approximate surface area is 100 Å². The average Bonchev–Trinajstić information content (AvgIpc) is 2.84. The van der Waals surface area contributed by atoms with Crippen LogP contribution in [0.1, 0.15) is 29.1 Å². The van der Waals surface area contributed by atoms with Crippen molar-refractivity contribution in [2.45, 2.75) is 26.4 Å². The second-order valence-electron chi connectivity index (χ2n) is 4.09. The second-order valence-corrected chi connectivity index (χ2v) is 4.98. The molecule has 1 atom stereocenters. The maximum atomic E-state index is 4.27. The van der Waals surface area contributed by atoms with Gasteiger partial charge in [0.05, 0.1) is 11.2 Å². The van der Waals surface area contributed by atoms with Gasteiger partial charge in [-0.1, -0.05) is 0 Å². The standard InChI is InChI=1S/C12H17N3S/c1-9(12-10(2)14-8-16-12)13-6-11-4-5-15(3)7-11/h4-5,7-9,13H,6H2,1-3H3. The molecule has 1 N–H and O–H groups in total. The molecule has 1 unspecified atom stereocenters. The Kier molecular flexibility index (Phi) is 3.41. The van der Waals surface area contributed by atoms with Crippen molar-refractivity contribution in [3.63, 3.8) is 0 Å². The molecule has 86 valence electrons. The number of aromatic nitrogens is 2. The van der Waals surface area contributed by atoms with Gasteiger partial charge in [0.1, 0.15) is 0 Å². The number of nitrogens with one attached hydrogen (secondary N) is 1. The molecular formula is C12H17N3S. The molecule has 0 saturated carbocycles. The minimum atomic E-state index is 0.368. The summed E-state index contributed by atoms with van der Waals surface area (Å²) in [6.07, 6.45) is 4.21.